The van der Waals surface area contributed by atoms with Crippen LogP contribution >= 0.6 is 0 Å². The van der Waals surface area contributed by atoms with Gasteiger partial charge in [0.25, 0.3) is 0 Å². The van der Waals surface area contributed by atoms with Crippen molar-refractivity contribution in [2.45, 2.75) is 39.7 Å². The van der Waals surface area contributed by atoms with Crippen molar-refractivity contribution in [2.24, 2.45) is 5.92 Å². The second-order valence-corrected chi connectivity index (χ2v) is 4.05. The van der Waals surface area contributed by atoms with Gasteiger partial charge >= 0.3 is 12.0 Å². The van der Waals surface area contributed by atoms with E-state index < -0.39 is 5.97 Å². The number of rotatable bonds is 6. The van der Waals surface area contributed by atoms with Gasteiger partial charge in [-0.2, -0.15) is 0 Å². The molecule has 0 radical (unpaired) electrons. The Kier molecular flexibility index (Phi) is 6.49. The van der Waals surface area contributed by atoms with Crippen LogP contribution in [-0.2, 0) is 4.79 Å². The van der Waals surface area contributed by atoms with Crippen molar-refractivity contribution < 1.29 is 14.7 Å². The molecule has 0 aliphatic carbocycles. The lowest BCUT2D eigenvalue weighted by Crippen LogP contribution is -2.41. The highest BCUT2D eigenvalue weighted by Crippen LogP contribution is 2.03. The number of aliphatic carboxylic acids is 1. The molecule has 0 aromatic heterocycles. The lowest BCUT2D eigenvalue weighted by Gasteiger charge is -2.13. The summed E-state index contributed by atoms with van der Waals surface area (Å²) in [5.41, 5.74) is 0. The lowest BCUT2D eigenvalue weighted by atomic mass is 10.1. The van der Waals surface area contributed by atoms with Crippen LogP contribution in [0.25, 0.3) is 0 Å². The Morgan fingerprint density at radius 3 is 2.33 bits per heavy atom. The highest BCUT2D eigenvalue weighted by molar-refractivity contribution is 5.74. The van der Waals surface area contributed by atoms with Crippen molar-refractivity contribution in [1.82, 2.24) is 10.6 Å². The van der Waals surface area contributed by atoms with Gasteiger partial charge in [-0.1, -0.05) is 6.92 Å². The minimum absolute atomic E-state index is 0.110. The van der Waals surface area contributed by atoms with E-state index in [9.17, 15) is 9.59 Å². The van der Waals surface area contributed by atoms with Crippen LogP contribution in [0.4, 0.5) is 4.79 Å². The molecule has 0 fully saturated rings. The van der Waals surface area contributed by atoms with Gasteiger partial charge in [0.15, 0.2) is 0 Å². The second kappa shape index (κ2) is 7.09. The van der Waals surface area contributed by atoms with Gasteiger partial charge in [-0.25, -0.2) is 4.79 Å². The summed E-state index contributed by atoms with van der Waals surface area (Å²) in [6, 6.07) is -0.0912. The summed E-state index contributed by atoms with van der Waals surface area (Å²) >= 11 is 0. The first-order chi connectivity index (χ1) is 6.91. The minimum atomic E-state index is -0.798. The molecule has 5 nitrogen and oxygen atoms in total. The van der Waals surface area contributed by atoms with Gasteiger partial charge in [-0.15, -0.1) is 0 Å². The average molecular weight is 216 g/mol. The zero-order valence-electron chi connectivity index (χ0n) is 9.54. The molecule has 0 aliphatic rings. The number of urea groups is 1. The summed E-state index contributed by atoms with van der Waals surface area (Å²) in [5.74, 6) is -0.618. The van der Waals surface area contributed by atoms with Crippen LogP contribution in [0, 0.1) is 5.92 Å². The van der Waals surface area contributed by atoms with E-state index in [1.54, 1.807) is 0 Å². The van der Waals surface area contributed by atoms with Crippen molar-refractivity contribution in [3.63, 3.8) is 0 Å². The van der Waals surface area contributed by atoms with E-state index in [0.29, 0.717) is 13.0 Å². The molecule has 0 aromatic carbocycles. The zero-order valence-corrected chi connectivity index (χ0v) is 9.54. The number of amides is 2. The summed E-state index contributed by atoms with van der Waals surface area (Å²) < 4.78 is 0. The fourth-order valence-corrected chi connectivity index (χ4v) is 1.05. The lowest BCUT2D eigenvalue weighted by molar-refractivity contribution is -0.137. The predicted molar refractivity (Wildman–Crippen MR) is 57.7 cm³/mol. The number of carboxylic acids is 1. The summed E-state index contributed by atoms with van der Waals surface area (Å²) in [4.78, 5) is 21.4. The summed E-state index contributed by atoms with van der Waals surface area (Å²) in [7, 11) is 0. The van der Waals surface area contributed by atoms with E-state index in [4.69, 9.17) is 5.11 Å². The van der Waals surface area contributed by atoms with Gasteiger partial charge in [0.2, 0.25) is 0 Å². The molecule has 5 heteroatoms. The minimum Gasteiger partial charge on any atom is -0.481 e. The van der Waals surface area contributed by atoms with Crippen LogP contribution in [0.3, 0.4) is 0 Å². The van der Waals surface area contributed by atoms with Gasteiger partial charge in [0.1, 0.15) is 0 Å². The predicted octanol–water partition coefficient (Wildman–Crippen LogP) is 1.19. The molecule has 0 heterocycles. The van der Waals surface area contributed by atoms with E-state index in [-0.39, 0.29) is 24.4 Å². The van der Waals surface area contributed by atoms with Crippen molar-refractivity contribution in [1.29, 1.82) is 0 Å². The van der Waals surface area contributed by atoms with Gasteiger partial charge in [0.05, 0.1) is 0 Å². The van der Waals surface area contributed by atoms with Crippen LogP contribution < -0.4 is 10.6 Å². The van der Waals surface area contributed by atoms with Crippen LogP contribution in [0.2, 0.25) is 0 Å². The molecule has 0 rings (SSSR count). The number of nitrogens with one attached hydrogen (secondary N) is 2. The molecular formula is C10H20N2O3. The normalized spacial score (nSPS) is 12.3. The first-order valence-electron chi connectivity index (χ1n) is 5.18. The largest absolute Gasteiger partial charge is 0.481 e. The monoisotopic (exact) mass is 216 g/mol. The molecule has 0 aromatic rings. The zero-order chi connectivity index (χ0) is 11.8. The van der Waals surface area contributed by atoms with Crippen molar-refractivity contribution in [2.75, 3.05) is 6.54 Å². The molecule has 0 bridgehead atoms. The first kappa shape index (κ1) is 13.7. The molecule has 3 N–H and O–H groups in total. The number of carbonyl (C=O) groups is 2. The molecule has 1 unspecified atom stereocenters. The number of carbonyl (C=O) groups excluding carboxylic acids is 1. The molecule has 2 amide bonds. The van der Waals surface area contributed by atoms with E-state index in [1.165, 1.54) is 0 Å². The van der Waals surface area contributed by atoms with E-state index in [0.717, 1.165) is 0 Å². The Bertz CT molecular complexity index is 217. The van der Waals surface area contributed by atoms with Crippen molar-refractivity contribution >= 4 is 12.0 Å². The van der Waals surface area contributed by atoms with Gasteiger partial charge in [-0.3, -0.25) is 4.79 Å². The van der Waals surface area contributed by atoms with E-state index in [1.807, 2.05) is 20.8 Å². The quantitative estimate of drug-likeness (QED) is 0.624. The van der Waals surface area contributed by atoms with Crippen LogP contribution in [-0.4, -0.2) is 29.7 Å². The van der Waals surface area contributed by atoms with E-state index >= 15 is 0 Å². The van der Waals surface area contributed by atoms with Gasteiger partial charge < -0.3 is 15.7 Å². The molecule has 88 valence electrons. The number of carboxylic acid groups (broad SMARTS) is 1. The SMILES string of the molecule is CC(CCC(=O)O)CNC(=O)NC(C)C. The Morgan fingerprint density at radius 1 is 1.27 bits per heavy atom. The molecular weight excluding hydrogens is 196 g/mol. The maximum atomic E-state index is 11.2. The molecule has 15 heavy (non-hydrogen) atoms. The molecule has 1 atom stereocenters. The Balaban J connectivity index is 3.57. The van der Waals surface area contributed by atoms with Crippen molar-refractivity contribution in [3.05, 3.63) is 0 Å². The van der Waals surface area contributed by atoms with E-state index in [2.05, 4.69) is 10.6 Å². The first-order valence-corrected chi connectivity index (χ1v) is 5.18. The fourth-order valence-electron chi connectivity index (χ4n) is 1.05. The Hall–Kier alpha value is -1.26. The van der Waals surface area contributed by atoms with Crippen LogP contribution in [0.5, 0.6) is 0 Å². The van der Waals surface area contributed by atoms with Gasteiger partial charge in [-0.05, 0) is 26.2 Å². The third kappa shape index (κ3) is 9.05. The second-order valence-electron chi connectivity index (χ2n) is 4.05. The van der Waals surface area contributed by atoms with Crippen LogP contribution in [0.15, 0.2) is 0 Å². The highest BCUT2D eigenvalue weighted by Gasteiger charge is 2.07. The molecule has 0 saturated heterocycles. The Morgan fingerprint density at radius 2 is 1.87 bits per heavy atom. The standard InChI is InChI=1S/C10H20N2O3/c1-7(2)12-10(15)11-6-8(3)4-5-9(13)14/h7-8H,4-6H2,1-3H3,(H,13,14)(H2,11,12,15). The topological polar surface area (TPSA) is 78.4 Å². The molecule has 0 aliphatic heterocycles. The number of hydrogen-bond donors (Lipinski definition) is 3. The molecule has 0 saturated carbocycles. The van der Waals surface area contributed by atoms with Gasteiger partial charge in [0, 0.05) is 19.0 Å². The van der Waals surface area contributed by atoms with Crippen molar-refractivity contribution in [3.8, 4) is 0 Å². The Labute approximate surface area is 90.2 Å². The summed E-state index contributed by atoms with van der Waals surface area (Å²) in [6.45, 7) is 6.19. The molecule has 0 spiro atoms. The summed E-state index contributed by atoms with van der Waals surface area (Å²) in [5, 5.41) is 13.9. The third-order valence-corrected chi connectivity index (χ3v) is 1.88. The maximum Gasteiger partial charge on any atom is 0.314 e. The third-order valence-electron chi connectivity index (χ3n) is 1.88. The fraction of sp³-hybridized carbons (Fsp3) is 0.800. The maximum absolute atomic E-state index is 11.2. The van der Waals surface area contributed by atoms with Crippen LogP contribution in [0.1, 0.15) is 33.6 Å². The smallest absolute Gasteiger partial charge is 0.314 e. The average Bonchev–Trinajstić information content (AvgIpc) is 2.10. The highest BCUT2D eigenvalue weighted by atomic mass is 16.4. The number of hydrogen-bond acceptors (Lipinski definition) is 2. The summed E-state index contributed by atoms with van der Waals surface area (Å²) in [6.07, 6.45) is 0.728.